The summed E-state index contributed by atoms with van der Waals surface area (Å²) in [5.74, 6) is -0.971. The molecule has 0 fully saturated rings. The third-order valence-electron chi connectivity index (χ3n) is 1.96. The van der Waals surface area contributed by atoms with Crippen molar-refractivity contribution in [2.75, 3.05) is 7.11 Å². The third-order valence-corrected chi connectivity index (χ3v) is 2.75. The molecule has 1 aliphatic carbocycles. The van der Waals surface area contributed by atoms with E-state index in [4.69, 9.17) is 27.9 Å². The molecule has 15 heavy (non-hydrogen) atoms. The molecule has 2 atom stereocenters. The monoisotopic (exact) mass is 253 g/mol. The highest BCUT2D eigenvalue weighted by molar-refractivity contribution is 6.33. The van der Waals surface area contributed by atoms with Crippen LogP contribution in [-0.2, 0) is 9.53 Å². The second kappa shape index (κ2) is 4.51. The van der Waals surface area contributed by atoms with Crippen molar-refractivity contribution in [3.05, 3.63) is 23.0 Å². The van der Waals surface area contributed by atoms with E-state index in [9.17, 15) is 9.18 Å². The van der Waals surface area contributed by atoms with Crippen molar-refractivity contribution in [3.8, 4) is 0 Å². The van der Waals surface area contributed by atoms with Crippen LogP contribution >= 0.6 is 23.2 Å². The van der Waals surface area contributed by atoms with Crippen molar-refractivity contribution in [2.24, 2.45) is 0 Å². The zero-order chi connectivity index (χ0) is 11.6. The average Bonchev–Trinajstić information content (AvgIpc) is 2.13. The number of carbonyl (C=O) groups is 1. The van der Waals surface area contributed by atoms with Gasteiger partial charge in [0, 0.05) is 14.0 Å². The van der Waals surface area contributed by atoms with Gasteiger partial charge in [0.25, 0.3) is 0 Å². The summed E-state index contributed by atoms with van der Waals surface area (Å²) in [4.78, 5) is 10.9. The van der Waals surface area contributed by atoms with Gasteiger partial charge in [-0.3, -0.25) is 4.79 Å². The minimum Gasteiger partial charge on any atom is -0.357 e. The van der Waals surface area contributed by atoms with Gasteiger partial charge in [-0.1, -0.05) is 23.2 Å². The first-order valence-electron chi connectivity index (χ1n) is 4.16. The van der Waals surface area contributed by atoms with Gasteiger partial charge in [0.15, 0.2) is 5.06 Å². The van der Waals surface area contributed by atoms with Crippen molar-refractivity contribution in [1.29, 1.82) is 0 Å². The number of hydrogen-bond acceptors (Lipinski definition) is 2. The number of rotatable bonds is 2. The number of allylic oxidation sites excluding steroid dienone is 2. The molecule has 0 radical (unpaired) electrons. The molecule has 0 aliphatic heterocycles. The molecule has 0 aromatic carbocycles. The van der Waals surface area contributed by atoms with Gasteiger partial charge in [-0.2, -0.15) is 0 Å². The minimum absolute atomic E-state index is 0.131. The molecule has 1 N–H and O–H groups in total. The predicted molar refractivity (Wildman–Crippen MR) is 56.3 cm³/mol. The number of ether oxygens (including phenoxy) is 1. The maximum absolute atomic E-state index is 13.2. The molecule has 3 nitrogen and oxygen atoms in total. The lowest BCUT2D eigenvalue weighted by molar-refractivity contribution is -0.120. The maximum Gasteiger partial charge on any atom is 0.217 e. The summed E-state index contributed by atoms with van der Waals surface area (Å²) in [6, 6.07) is -0.788. The number of halogens is 3. The average molecular weight is 254 g/mol. The molecular formula is C9H10Cl2FNO2. The summed E-state index contributed by atoms with van der Waals surface area (Å²) in [5, 5.41) is 0.979. The summed E-state index contributed by atoms with van der Waals surface area (Å²) in [7, 11) is 1.35. The van der Waals surface area contributed by atoms with Gasteiger partial charge >= 0.3 is 0 Å². The first kappa shape index (κ1) is 12.5. The Hall–Kier alpha value is -0.580. The van der Waals surface area contributed by atoms with E-state index in [1.165, 1.54) is 20.1 Å². The first-order valence-corrected chi connectivity index (χ1v) is 4.92. The Morgan fingerprint density at radius 1 is 1.73 bits per heavy atom. The van der Waals surface area contributed by atoms with Crippen LogP contribution in [0.5, 0.6) is 0 Å². The molecule has 0 aromatic heterocycles. The number of carbonyl (C=O) groups excluding carboxylic acids is 1. The van der Waals surface area contributed by atoms with Gasteiger partial charge in [-0.15, -0.1) is 0 Å². The summed E-state index contributed by atoms with van der Waals surface area (Å²) < 4.78 is 18.1. The van der Waals surface area contributed by atoms with E-state index in [1.54, 1.807) is 0 Å². The standard InChI is InChI=1S/C9H10Cl2FNO2/c1-5(14)13-8-3-7(12)6(10)4-9(8,11)15-2/h3-4,8H,1-2H3,(H,13,14). The van der Waals surface area contributed by atoms with E-state index in [1.807, 2.05) is 0 Å². The van der Waals surface area contributed by atoms with Crippen molar-refractivity contribution in [2.45, 2.75) is 18.0 Å². The number of amides is 1. The molecule has 0 saturated carbocycles. The first-order chi connectivity index (χ1) is 6.89. The van der Waals surface area contributed by atoms with Crippen LogP contribution in [0.1, 0.15) is 6.92 Å². The number of nitrogens with one attached hydrogen (secondary N) is 1. The fourth-order valence-corrected chi connectivity index (χ4v) is 1.72. The molecule has 6 heteroatoms. The predicted octanol–water partition coefficient (Wildman–Crippen LogP) is 2.06. The molecule has 0 aromatic rings. The lowest BCUT2D eigenvalue weighted by Crippen LogP contribution is -2.49. The molecule has 1 aliphatic rings. The smallest absolute Gasteiger partial charge is 0.217 e. The Kier molecular flexibility index (Phi) is 3.76. The van der Waals surface area contributed by atoms with Crippen LogP contribution in [0, 0.1) is 0 Å². The Balaban J connectivity index is 2.99. The van der Waals surface area contributed by atoms with Crippen LogP contribution in [0.3, 0.4) is 0 Å². The molecular weight excluding hydrogens is 244 g/mol. The second-order valence-electron chi connectivity index (χ2n) is 3.09. The highest BCUT2D eigenvalue weighted by Gasteiger charge is 2.38. The zero-order valence-electron chi connectivity index (χ0n) is 8.18. The summed E-state index contributed by atoms with van der Waals surface area (Å²) in [6.07, 6.45) is 2.33. The van der Waals surface area contributed by atoms with Gasteiger partial charge in [0.1, 0.15) is 5.83 Å². The van der Waals surface area contributed by atoms with Gasteiger partial charge in [-0.25, -0.2) is 4.39 Å². The zero-order valence-corrected chi connectivity index (χ0v) is 9.69. The van der Waals surface area contributed by atoms with E-state index >= 15 is 0 Å². The van der Waals surface area contributed by atoms with Crippen molar-refractivity contribution in [1.82, 2.24) is 5.32 Å². The molecule has 1 amide bonds. The van der Waals surface area contributed by atoms with Crippen molar-refractivity contribution in [3.63, 3.8) is 0 Å². The minimum atomic E-state index is -1.35. The van der Waals surface area contributed by atoms with E-state index in [0.717, 1.165) is 6.08 Å². The Labute approximate surface area is 96.9 Å². The molecule has 0 heterocycles. The molecule has 0 bridgehead atoms. The summed E-state index contributed by atoms with van der Waals surface area (Å²) in [5.41, 5.74) is 0. The second-order valence-corrected chi connectivity index (χ2v) is 4.08. The summed E-state index contributed by atoms with van der Waals surface area (Å²) in [6.45, 7) is 1.30. The van der Waals surface area contributed by atoms with Crippen LogP contribution in [0.15, 0.2) is 23.0 Å². The molecule has 0 saturated heterocycles. The van der Waals surface area contributed by atoms with Gasteiger partial charge in [0.05, 0.1) is 11.1 Å². The fraction of sp³-hybridized carbons (Fsp3) is 0.444. The van der Waals surface area contributed by atoms with Crippen molar-refractivity contribution >= 4 is 29.1 Å². The molecule has 2 unspecified atom stereocenters. The lowest BCUT2D eigenvalue weighted by Gasteiger charge is -2.32. The van der Waals surface area contributed by atoms with Gasteiger partial charge in [-0.05, 0) is 12.2 Å². The number of methoxy groups -OCH3 is 1. The van der Waals surface area contributed by atoms with E-state index in [2.05, 4.69) is 5.32 Å². The van der Waals surface area contributed by atoms with Crippen LogP contribution in [0.25, 0.3) is 0 Å². The highest BCUT2D eigenvalue weighted by atomic mass is 35.5. The topological polar surface area (TPSA) is 38.3 Å². The maximum atomic E-state index is 13.2. The van der Waals surface area contributed by atoms with Gasteiger partial charge < -0.3 is 10.1 Å². The van der Waals surface area contributed by atoms with E-state index in [0.29, 0.717) is 0 Å². The van der Waals surface area contributed by atoms with E-state index in [-0.39, 0.29) is 10.9 Å². The van der Waals surface area contributed by atoms with Crippen LogP contribution in [0.4, 0.5) is 4.39 Å². The number of hydrogen-bond donors (Lipinski definition) is 1. The Bertz CT molecular complexity index is 343. The molecule has 0 spiro atoms. The highest BCUT2D eigenvalue weighted by Crippen LogP contribution is 2.34. The third kappa shape index (κ3) is 2.71. The van der Waals surface area contributed by atoms with Crippen molar-refractivity contribution < 1.29 is 13.9 Å². The van der Waals surface area contributed by atoms with Gasteiger partial charge in [0.2, 0.25) is 5.91 Å². The molecule has 84 valence electrons. The van der Waals surface area contributed by atoms with Crippen LogP contribution in [-0.4, -0.2) is 24.1 Å². The fourth-order valence-electron chi connectivity index (χ4n) is 1.22. The number of alkyl halides is 1. The summed E-state index contributed by atoms with van der Waals surface area (Å²) >= 11 is 11.6. The van der Waals surface area contributed by atoms with E-state index < -0.39 is 16.9 Å². The normalized spacial score (nSPS) is 30.6. The quantitative estimate of drug-likeness (QED) is 0.766. The molecule has 1 rings (SSSR count). The van der Waals surface area contributed by atoms with Crippen LogP contribution in [0.2, 0.25) is 0 Å². The largest absolute Gasteiger partial charge is 0.357 e. The van der Waals surface area contributed by atoms with Crippen LogP contribution < -0.4 is 5.32 Å². The lowest BCUT2D eigenvalue weighted by atomic mass is 10.0. The Morgan fingerprint density at radius 2 is 2.33 bits per heavy atom. The SMILES string of the molecule is COC1(Cl)C=C(Cl)C(F)=CC1NC(C)=O. The Morgan fingerprint density at radius 3 is 2.80 bits per heavy atom.